The van der Waals surface area contributed by atoms with Crippen molar-refractivity contribution >= 4 is 18.5 Å². The van der Waals surface area contributed by atoms with E-state index in [1.807, 2.05) is 0 Å². The first kappa shape index (κ1) is 30.2. The summed E-state index contributed by atoms with van der Waals surface area (Å²) in [5.74, 6) is 0. The maximum absolute atomic E-state index is 12.9. The van der Waals surface area contributed by atoms with Crippen LogP contribution in [0.5, 0.6) is 0 Å². The lowest BCUT2D eigenvalue weighted by molar-refractivity contribution is -0.215. The molecule has 2 aromatic rings. The van der Waals surface area contributed by atoms with Gasteiger partial charge in [0.15, 0.2) is 0 Å². The first-order valence-electron chi connectivity index (χ1n) is 11.3. The minimum absolute atomic E-state index is 0. The van der Waals surface area contributed by atoms with Crippen molar-refractivity contribution in [2.75, 3.05) is 13.2 Å². The number of aliphatic hydroxyl groups is 2. The third-order valence-corrected chi connectivity index (χ3v) is 7.71. The van der Waals surface area contributed by atoms with E-state index in [4.69, 9.17) is 30.3 Å². The maximum atomic E-state index is 12.9. The molecule has 2 fully saturated rings. The van der Waals surface area contributed by atoms with Gasteiger partial charge in [-0.05, 0) is 13.8 Å². The Kier molecular flexibility index (Phi) is 9.41. The van der Waals surface area contributed by atoms with Crippen molar-refractivity contribution in [3.63, 3.8) is 0 Å². The number of nitrogens with one attached hydrogen (secondary N) is 2. The monoisotopic (exact) mass is 579 g/mol. The average molecular weight is 580 g/mol. The number of rotatable bonds is 8. The minimum atomic E-state index is -4.19. The van der Waals surface area contributed by atoms with Gasteiger partial charge in [-0.3, -0.25) is 28.7 Å². The third kappa shape index (κ3) is 6.45. The molecule has 0 radical (unpaired) electrons. The molecule has 0 spiro atoms. The molecule has 4 heterocycles. The Balaban J connectivity index is 0.00000400. The van der Waals surface area contributed by atoms with Crippen LogP contribution in [0.15, 0.2) is 31.6 Å². The summed E-state index contributed by atoms with van der Waals surface area (Å²) >= 11 is 4.97. The molecule has 8 N–H and O–H groups in total. The van der Waals surface area contributed by atoms with Gasteiger partial charge in [-0.15, -0.1) is 0 Å². The van der Waals surface area contributed by atoms with E-state index < -0.39 is 79.3 Å². The fourth-order valence-corrected chi connectivity index (χ4v) is 5.60. The number of hydrogen-bond acceptors (Lipinski definition) is 12. The summed E-state index contributed by atoms with van der Waals surface area (Å²) in [5.41, 5.74) is -1.99. The Bertz CT molecular complexity index is 1440. The highest BCUT2D eigenvalue weighted by Crippen LogP contribution is 2.45. The fraction of sp³-hybridized carbons (Fsp3) is 0.600. The number of aromatic amines is 2. The van der Waals surface area contributed by atoms with Gasteiger partial charge in [0.25, 0.3) is 11.1 Å². The Morgan fingerprint density at radius 1 is 1.03 bits per heavy atom. The van der Waals surface area contributed by atoms with E-state index in [0.29, 0.717) is 0 Å². The molecular weight excluding hydrogens is 549 g/mol. The second-order valence-corrected chi connectivity index (χ2v) is 11.5. The second-order valence-electron chi connectivity index (χ2n) is 8.82. The van der Waals surface area contributed by atoms with Gasteiger partial charge in [0.1, 0.15) is 31.4 Å². The molecule has 1 unspecified atom stereocenters. The van der Waals surface area contributed by atoms with Crippen molar-refractivity contribution < 1.29 is 33.6 Å². The summed E-state index contributed by atoms with van der Waals surface area (Å²) in [6, 6.07) is 0. The van der Waals surface area contributed by atoms with Gasteiger partial charge in [0, 0.05) is 36.4 Å². The van der Waals surface area contributed by atoms with E-state index in [1.54, 1.807) is 0 Å². The predicted octanol–water partition coefficient (Wildman–Crippen LogP) is -2.01. The van der Waals surface area contributed by atoms with Crippen molar-refractivity contribution in [1.29, 1.82) is 0 Å². The van der Waals surface area contributed by atoms with E-state index in [0.717, 1.165) is 9.13 Å². The molecule has 212 valence electrons. The van der Waals surface area contributed by atoms with Gasteiger partial charge in [-0.2, -0.15) is 0 Å². The van der Waals surface area contributed by atoms with E-state index >= 15 is 0 Å². The Labute approximate surface area is 219 Å². The van der Waals surface area contributed by atoms with Crippen LogP contribution in [0.2, 0.25) is 0 Å². The summed E-state index contributed by atoms with van der Waals surface area (Å²) in [6.07, 6.45) is -3.36. The zero-order valence-corrected chi connectivity index (χ0v) is 22.5. The van der Waals surface area contributed by atoms with E-state index in [-0.39, 0.29) is 30.1 Å². The summed E-state index contributed by atoms with van der Waals surface area (Å²) in [6.45, 7) is -2.15. The molecular formula is C20H30N5O11PS. The quantitative estimate of drug-likeness (QED) is 0.213. The molecule has 18 heteroatoms. The SMILES string of the molecule is Cc1cn([C@H]2C[C@H](OP([O-])(=S)OC[C@H]3O[C@@H](n4cc(C)c(=O)[nH]c4=O)C[C@@H]3O)[C@@H](CO)O2)c(=O)[nH]c1=O.[NH4+]. The third-order valence-electron chi connectivity index (χ3n) is 6.14. The molecule has 2 aliphatic rings. The van der Waals surface area contributed by atoms with Crippen LogP contribution in [0, 0.1) is 13.8 Å². The number of H-pyrrole nitrogens is 2. The van der Waals surface area contributed by atoms with Crippen LogP contribution in [-0.2, 0) is 30.3 Å². The van der Waals surface area contributed by atoms with Crippen LogP contribution in [0.1, 0.15) is 36.4 Å². The molecule has 2 saturated heterocycles. The number of hydrogen-bond donors (Lipinski definition) is 5. The second kappa shape index (κ2) is 11.8. The Hall–Kier alpha value is -2.31. The molecule has 0 bridgehead atoms. The Morgan fingerprint density at radius 2 is 1.53 bits per heavy atom. The van der Waals surface area contributed by atoms with Crippen molar-refractivity contribution in [1.82, 2.24) is 25.3 Å². The number of aryl methyl sites for hydroxylation is 2. The lowest BCUT2D eigenvalue weighted by atomic mass is 10.2. The highest BCUT2D eigenvalue weighted by atomic mass is 32.5. The lowest BCUT2D eigenvalue weighted by Crippen LogP contribution is -2.33. The van der Waals surface area contributed by atoms with Crippen LogP contribution in [-0.4, -0.2) is 66.9 Å². The summed E-state index contributed by atoms with van der Waals surface area (Å²) in [5, 5.41) is 20.0. The molecule has 7 atom stereocenters. The lowest BCUT2D eigenvalue weighted by Gasteiger charge is -2.32. The molecule has 2 aliphatic heterocycles. The first-order valence-corrected chi connectivity index (χ1v) is 13.8. The standard InChI is InChI=1S/C20H27N4O11PS.H3N/c1-9-5-23(19(29)21-17(9)27)15-3-11(26)14(34-15)8-32-36(31,37)35-12-4-16(33-13(12)7-25)24-6-10(2)18(28)22-20(24)30;/h5-6,11-16,25-26H,3-4,7-8H2,1-2H3,(H,31,37)(H,21,27,29)(H,22,28,30);1H3/t11-,12-,13+,14+,15+,16+,36?;/m0./s1. The Morgan fingerprint density at radius 3 is 2.05 bits per heavy atom. The van der Waals surface area contributed by atoms with Gasteiger partial charge in [0.2, 0.25) is 0 Å². The van der Waals surface area contributed by atoms with Crippen LogP contribution in [0.3, 0.4) is 0 Å². The van der Waals surface area contributed by atoms with E-state index in [1.165, 1.54) is 26.2 Å². The highest BCUT2D eigenvalue weighted by molar-refractivity contribution is 8.06. The van der Waals surface area contributed by atoms with Crippen LogP contribution >= 0.6 is 6.72 Å². The van der Waals surface area contributed by atoms with Crippen LogP contribution in [0.4, 0.5) is 0 Å². The number of quaternary nitrogens is 1. The molecule has 38 heavy (non-hydrogen) atoms. The van der Waals surface area contributed by atoms with Gasteiger partial charge >= 0.3 is 11.4 Å². The number of ether oxygens (including phenoxy) is 2. The van der Waals surface area contributed by atoms with Crippen molar-refractivity contribution in [2.24, 2.45) is 0 Å². The summed E-state index contributed by atoms with van der Waals surface area (Å²) < 4.78 is 24.3. The fourth-order valence-electron chi connectivity index (χ4n) is 4.14. The number of aromatic nitrogens is 4. The molecule has 0 amide bonds. The van der Waals surface area contributed by atoms with E-state index in [2.05, 4.69) is 9.97 Å². The number of nitrogens with zero attached hydrogens (tertiary/aromatic N) is 2. The van der Waals surface area contributed by atoms with Gasteiger partial charge < -0.3 is 39.8 Å². The first-order chi connectivity index (χ1) is 17.4. The molecule has 0 aromatic carbocycles. The molecule has 16 nitrogen and oxygen atoms in total. The van der Waals surface area contributed by atoms with Crippen molar-refractivity contribution in [3.05, 3.63) is 65.2 Å². The molecule has 4 rings (SSSR count). The number of aliphatic hydroxyl groups excluding tert-OH is 2. The zero-order chi connectivity index (χ0) is 27.1. The summed E-state index contributed by atoms with van der Waals surface area (Å²) in [4.78, 5) is 64.7. The van der Waals surface area contributed by atoms with Gasteiger partial charge in [-0.25, -0.2) is 9.59 Å². The highest BCUT2D eigenvalue weighted by Gasteiger charge is 2.40. The normalized spacial score (nSPS) is 28.7. The van der Waals surface area contributed by atoms with E-state index in [9.17, 15) is 34.3 Å². The van der Waals surface area contributed by atoms with Gasteiger partial charge in [0.05, 0.1) is 25.4 Å². The van der Waals surface area contributed by atoms with Crippen molar-refractivity contribution in [3.8, 4) is 0 Å². The van der Waals surface area contributed by atoms with Crippen LogP contribution in [0.25, 0.3) is 0 Å². The molecule has 0 aliphatic carbocycles. The zero-order valence-electron chi connectivity index (χ0n) is 20.8. The summed E-state index contributed by atoms with van der Waals surface area (Å²) in [7, 11) is 0. The minimum Gasteiger partial charge on any atom is -0.780 e. The average Bonchev–Trinajstić information content (AvgIpc) is 3.39. The van der Waals surface area contributed by atoms with Gasteiger partial charge in [-0.1, -0.05) is 11.8 Å². The molecule has 2 aromatic heterocycles. The topological polar surface area (TPSA) is 247 Å². The molecule has 0 saturated carbocycles. The predicted molar refractivity (Wildman–Crippen MR) is 133 cm³/mol. The van der Waals surface area contributed by atoms with Crippen LogP contribution < -0.4 is 33.5 Å². The maximum Gasteiger partial charge on any atom is 0.330 e. The van der Waals surface area contributed by atoms with Crippen molar-refractivity contribution in [2.45, 2.75) is 63.6 Å². The largest absolute Gasteiger partial charge is 0.780 e. The smallest absolute Gasteiger partial charge is 0.330 e.